The van der Waals surface area contributed by atoms with Gasteiger partial charge in [0, 0.05) is 29.2 Å². The molecule has 0 aliphatic heterocycles. The number of rotatable bonds is 5. The van der Waals surface area contributed by atoms with Crippen LogP contribution in [0, 0.1) is 0 Å². The lowest BCUT2D eigenvalue weighted by Gasteiger charge is -2.22. The topological polar surface area (TPSA) is 32.0 Å². The minimum atomic E-state index is 0.400. The minimum absolute atomic E-state index is 0.400. The van der Waals surface area contributed by atoms with Gasteiger partial charge < -0.3 is 4.74 Å². The van der Waals surface area contributed by atoms with Gasteiger partial charge in [-0.3, -0.25) is 9.13 Å². The monoisotopic (exact) mass is 423 g/mol. The van der Waals surface area contributed by atoms with Crippen molar-refractivity contribution in [2.24, 2.45) is 0 Å². The van der Waals surface area contributed by atoms with E-state index in [2.05, 4.69) is 97.6 Å². The molecule has 3 aromatic carbocycles. The molecule has 32 heavy (non-hydrogen) atoms. The van der Waals surface area contributed by atoms with Crippen molar-refractivity contribution in [2.45, 2.75) is 39.5 Å². The van der Waals surface area contributed by atoms with Crippen molar-refractivity contribution >= 4 is 21.8 Å². The van der Waals surface area contributed by atoms with Crippen LogP contribution in [0.15, 0.2) is 73.1 Å². The van der Waals surface area contributed by atoms with E-state index in [0.29, 0.717) is 11.8 Å². The first-order valence-corrected chi connectivity index (χ1v) is 11.2. The number of methoxy groups -OCH3 is 1. The van der Waals surface area contributed by atoms with E-state index >= 15 is 0 Å². The molecule has 4 nitrogen and oxygen atoms in total. The molecule has 0 fully saturated rings. The molecule has 5 rings (SSSR count). The molecule has 0 aliphatic rings. The van der Waals surface area contributed by atoms with Gasteiger partial charge in [0.25, 0.3) is 0 Å². The lowest BCUT2D eigenvalue weighted by atomic mass is 9.92. The fourth-order valence-electron chi connectivity index (χ4n) is 4.72. The molecule has 2 heterocycles. The van der Waals surface area contributed by atoms with Gasteiger partial charge in [-0.1, -0.05) is 64.1 Å². The lowest BCUT2D eigenvalue weighted by molar-refractivity contribution is 0.415. The molecule has 0 atom stereocenters. The number of imidazole rings is 1. The van der Waals surface area contributed by atoms with Crippen LogP contribution in [0.2, 0.25) is 0 Å². The fourth-order valence-corrected chi connectivity index (χ4v) is 4.72. The molecule has 0 N–H and O–H groups in total. The standard InChI is InChI=1S/C28H29N3O/c1-18(2)21-10-8-11-22(19(3)4)27(21)30-16-15-29-28(30)31-25-12-7-6-9-23(25)24-14-13-20(32-5)17-26(24)31/h6-19H,1-5H3. The number of hydrogen-bond acceptors (Lipinski definition) is 2. The molecule has 2 aromatic heterocycles. The predicted molar refractivity (Wildman–Crippen MR) is 133 cm³/mol. The zero-order valence-electron chi connectivity index (χ0n) is 19.3. The third-order valence-corrected chi connectivity index (χ3v) is 6.29. The van der Waals surface area contributed by atoms with E-state index in [1.165, 1.54) is 27.6 Å². The van der Waals surface area contributed by atoms with Crippen molar-refractivity contribution in [1.82, 2.24) is 14.1 Å². The van der Waals surface area contributed by atoms with Crippen LogP contribution in [-0.2, 0) is 0 Å². The van der Waals surface area contributed by atoms with E-state index in [-0.39, 0.29) is 0 Å². The van der Waals surface area contributed by atoms with E-state index in [1.54, 1.807) is 7.11 Å². The second kappa shape index (κ2) is 7.86. The number of ether oxygens (including phenoxy) is 1. The second-order valence-electron chi connectivity index (χ2n) is 8.93. The Balaban J connectivity index is 1.88. The Morgan fingerprint density at radius 3 is 2.16 bits per heavy atom. The predicted octanol–water partition coefficient (Wildman–Crippen LogP) is 7.22. The summed E-state index contributed by atoms with van der Waals surface area (Å²) in [4.78, 5) is 4.88. The van der Waals surface area contributed by atoms with Gasteiger partial charge in [0.1, 0.15) is 5.75 Å². The van der Waals surface area contributed by atoms with Crippen LogP contribution in [0.1, 0.15) is 50.7 Å². The van der Waals surface area contributed by atoms with Gasteiger partial charge in [-0.2, -0.15) is 0 Å². The maximum atomic E-state index is 5.57. The Kier molecular flexibility index (Phi) is 5.01. The van der Waals surface area contributed by atoms with Gasteiger partial charge in [-0.25, -0.2) is 4.98 Å². The van der Waals surface area contributed by atoms with Gasteiger partial charge in [-0.15, -0.1) is 0 Å². The van der Waals surface area contributed by atoms with Crippen LogP contribution in [0.25, 0.3) is 33.4 Å². The Bertz CT molecular complexity index is 1400. The average molecular weight is 424 g/mol. The summed E-state index contributed by atoms with van der Waals surface area (Å²) < 4.78 is 10.1. The SMILES string of the molecule is COc1ccc2c3ccccc3n(-c3nccn3-c3c(C(C)C)cccc3C(C)C)c2c1. The van der Waals surface area contributed by atoms with E-state index in [1.807, 2.05) is 12.3 Å². The highest BCUT2D eigenvalue weighted by Gasteiger charge is 2.21. The molecule has 0 saturated carbocycles. The summed E-state index contributed by atoms with van der Waals surface area (Å²) in [6.45, 7) is 9.02. The molecule has 0 amide bonds. The zero-order valence-corrected chi connectivity index (χ0v) is 19.3. The van der Waals surface area contributed by atoms with Crippen molar-refractivity contribution in [3.63, 3.8) is 0 Å². The smallest absolute Gasteiger partial charge is 0.219 e. The van der Waals surface area contributed by atoms with Crippen LogP contribution in [0.5, 0.6) is 5.75 Å². The molecule has 0 radical (unpaired) electrons. The molecule has 0 bridgehead atoms. The third-order valence-electron chi connectivity index (χ3n) is 6.29. The lowest BCUT2D eigenvalue weighted by Crippen LogP contribution is -2.11. The quantitative estimate of drug-likeness (QED) is 0.299. The first-order chi connectivity index (χ1) is 15.5. The minimum Gasteiger partial charge on any atom is -0.497 e. The Morgan fingerprint density at radius 2 is 1.47 bits per heavy atom. The highest BCUT2D eigenvalue weighted by molar-refractivity contribution is 6.09. The maximum Gasteiger partial charge on any atom is 0.219 e. The number of fused-ring (bicyclic) bond motifs is 3. The van der Waals surface area contributed by atoms with Crippen LogP contribution < -0.4 is 4.74 Å². The van der Waals surface area contributed by atoms with Gasteiger partial charge in [0.2, 0.25) is 5.95 Å². The molecule has 0 spiro atoms. The largest absolute Gasteiger partial charge is 0.497 e. The zero-order chi connectivity index (χ0) is 22.4. The molecule has 0 unspecified atom stereocenters. The first-order valence-electron chi connectivity index (χ1n) is 11.2. The van der Waals surface area contributed by atoms with E-state index in [9.17, 15) is 0 Å². The fraction of sp³-hybridized carbons (Fsp3) is 0.250. The Hall–Kier alpha value is -3.53. The van der Waals surface area contributed by atoms with Gasteiger partial charge in [0.15, 0.2) is 0 Å². The molecule has 5 aromatic rings. The van der Waals surface area contributed by atoms with Crippen molar-refractivity contribution in [1.29, 1.82) is 0 Å². The molecule has 162 valence electrons. The van der Waals surface area contributed by atoms with Gasteiger partial charge in [-0.05, 0) is 41.2 Å². The normalized spacial score (nSPS) is 11.8. The highest BCUT2D eigenvalue weighted by Crippen LogP contribution is 2.36. The molecule has 0 aliphatic carbocycles. The average Bonchev–Trinajstić information content (AvgIpc) is 3.39. The number of benzene rings is 3. The maximum absolute atomic E-state index is 5.57. The van der Waals surface area contributed by atoms with Crippen LogP contribution in [-0.4, -0.2) is 21.2 Å². The summed E-state index contributed by atoms with van der Waals surface area (Å²) in [6, 6.07) is 21.4. The van der Waals surface area contributed by atoms with E-state index in [4.69, 9.17) is 9.72 Å². The first kappa shape index (κ1) is 20.4. The number of para-hydroxylation sites is 2. The van der Waals surface area contributed by atoms with Crippen molar-refractivity contribution in [3.05, 3.63) is 84.2 Å². The molecular weight excluding hydrogens is 394 g/mol. The van der Waals surface area contributed by atoms with Crippen molar-refractivity contribution in [2.75, 3.05) is 7.11 Å². The Labute approximate surface area is 189 Å². The molecule has 4 heteroatoms. The van der Waals surface area contributed by atoms with Crippen LogP contribution in [0.4, 0.5) is 0 Å². The van der Waals surface area contributed by atoms with Crippen molar-refractivity contribution in [3.8, 4) is 17.4 Å². The summed E-state index contributed by atoms with van der Waals surface area (Å²) in [5.74, 6) is 2.53. The van der Waals surface area contributed by atoms with E-state index < -0.39 is 0 Å². The summed E-state index contributed by atoms with van der Waals surface area (Å²) in [5, 5.41) is 2.40. The van der Waals surface area contributed by atoms with Crippen LogP contribution >= 0.6 is 0 Å². The molecule has 0 saturated heterocycles. The summed E-state index contributed by atoms with van der Waals surface area (Å²) >= 11 is 0. The van der Waals surface area contributed by atoms with E-state index in [0.717, 1.165) is 22.7 Å². The summed E-state index contributed by atoms with van der Waals surface area (Å²) in [7, 11) is 1.71. The van der Waals surface area contributed by atoms with Gasteiger partial charge >= 0.3 is 0 Å². The number of hydrogen-bond donors (Lipinski definition) is 0. The second-order valence-corrected chi connectivity index (χ2v) is 8.93. The molecular formula is C28H29N3O. The number of aromatic nitrogens is 3. The van der Waals surface area contributed by atoms with Gasteiger partial charge in [0.05, 0.1) is 23.8 Å². The highest BCUT2D eigenvalue weighted by atomic mass is 16.5. The summed E-state index contributed by atoms with van der Waals surface area (Å²) in [6.07, 6.45) is 3.99. The number of nitrogens with zero attached hydrogens (tertiary/aromatic N) is 3. The summed E-state index contributed by atoms with van der Waals surface area (Å²) in [5.41, 5.74) is 6.11. The third kappa shape index (κ3) is 3.10. The van der Waals surface area contributed by atoms with Crippen LogP contribution in [0.3, 0.4) is 0 Å². The van der Waals surface area contributed by atoms with Crippen molar-refractivity contribution < 1.29 is 4.74 Å². The Morgan fingerprint density at radius 1 is 0.781 bits per heavy atom.